The van der Waals surface area contributed by atoms with Gasteiger partial charge in [0, 0.05) is 27.2 Å². The molecular formula is C20H26F3IN4O2S. The summed E-state index contributed by atoms with van der Waals surface area (Å²) in [5.41, 5.74) is 0.568. The van der Waals surface area contributed by atoms with Crippen molar-refractivity contribution < 1.29 is 21.6 Å². The zero-order valence-electron chi connectivity index (χ0n) is 17.4. The molecule has 0 bridgehead atoms. The number of nitrogens with one attached hydrogen (secondary N) is 2. The zero-order chi connectivity index (χ0) is 22.4. The first-order valence-electron chi connectivity index (χ1n) is 9.24. The van der Waals surface area contributed by atoms with Crippen molar-refractivity contribution in [3.63, 3.8) is 0 Å². The number of guanidine groups is 1. The Balaban J connectivity index is 0.00000480. The van der Waals surface area contributed by atoms with Gasteiger partial charge in [0.05, 0.1) is 17.0 Å². The van der Waals surface area contributed by atoms with Gasteiger partial charge >= 0.3 is 6.18 Å². The molecule has 31 heavy (non-hydrogen) atoms. The second kappa shape index (κ2) is 11.7. The van der Waals surface area contributed by atoms with E-state index in [2.05, 4.69) is 15.6 Å². The molecule has 0 aromatic heterocycles. The largest absolute Gasteiger partial charge is 0.416 e. The van der Waals surface area contributed by atoms with Crippen LogP contribution in [0.2, 0.25) is 0 Å². The molecule has 0 radical (unpaired) electrons. The van der Waals surface area contributed by atoms with E-state index in [-0.39, 0.29) is 35.4 Å². The number of rotatable bonds is 7. The monoisotopic (exact) mass is 570 g/mol. The van der Waals surface area contributed by atoms with Gasteiger partial charge in [0.2, 0.25) is 10.0 Å². The van der Waals surface area contributed by atoms with E-state index in [4.69, 9.17) is 0 Å². The Morgan fingerprint density at radius 2 is 1.68 bits per heavy atom. The van der Waals surface area contributed by atoms with E-state index in [1.165, 1.54) is 32.3 Å². The van der Waals surface area contributed by atoms with Crippen molar-refractivity contribution in [2.75, 3.05) is 20.6 Å². The molecule has 0 fully saturated rings. The Hall–Kier alpha value is -1.86. The average Bonchev–Trinajstić information content (AvgIpc) is 2.70. The smallest absolute Gasteiger partial charge is 0.357 e. The summed E-state index contributed by atoms with van der Waals surface area (Å²) in [7, 11) is -0.557. The maximum Gasteiger partial charge on any atom is 0.416 e. The standard InChI is InChI=1S/C20H25F3N4O2S.HI/c1-4-24-19(26-14-16-6-5-7-17(12-16)20(21,22)23)25-13-15-8-10-18(11-9-15)30(28,29)27(2)3;/h5-12H,4,13-14H2,1-3H3,(H2,24,25,26);1H. The van der Waals surface area contributed by atoms with Gasteiger partial charge in [0.1, 0.15) is 0 Å². The summed E-state index contributed by atoms with van der Waals surface area (Å²) in [6.45, 7) is 2.91. The molecule has 2 rings (SSSR count). The number of hydrogen-bond acceptors (Lipinski definition) is 3. The number of benzene rings is 2. The number of aliphatic imine (C=N–C) groups is 1. The molecule has 11 heteroatoms. The molecule has 0 heterocycles. The van der Waals surface area contributed by atoms with Crippen LogP contribution in [0, 0.1) is 0 Å². The first-order chi connectivity index (χ1) is 14.0. The van der Waals surface area contributed by atoms with Crippen LogP contribution in [-0.4, -0.2) is 39.3 Å². The molecule has 0 saturated heterocycles. The van der Waals surface area contributed by atoms with Gasteiger partial charge < -0.3 is 10.6 Å². The topological polar surface area (TPSA) is 73.8 Å². The quantitative estimate of drug-likeness (QED) is 0.302. The SMILES string of the molecule is CCNC(=NCc1cccc(C(F)(F)F)c1)NCc1ccc(S(=O)(=O)N(C)C)cc1.I. The summed E-state index contributed by atoms with van der Waals surface area (Å²) in [4.78, 5) is 4.52. The molecule has 2 aromatic rings. The van der Waals surface area contributed by atoms with E-state index in [1.807, 2.05) is 6.92 Å². The van der Waals surface area contributed by atoms with Crippen molar-refractivity contribution in [1.82, 2.24) is 14.9 Å². The van der Waals surface area contributed by atoms with Crippen molar-refractivity contribution in [2.24, 2.45) is 4.99 Å². The van der Waals surface area contributed by atoms with Crippen LogP contribution in [0.4, 0.5) is 13.2 Å². The maximum absolute atomic E-state index is 12.8. The number of sulfonamides is 1. The van der Waals surface area contributed by atoms with Crippen molar-refractivity contribution >= 4 is 40.0 Å². The van der Waals surface area contributed by atoms with Gasteiger partial charge in [-0.1, -0.05) is 24.3 Å². The summed E-state index contributed by atoms with van der Waals surface area (Å²) < 4.78 is 63.9. The van der Waals surface area contributed by atoms with Crippen molar-refractivity contribution in [3.05, 3.63) is 65.2 Å². The number of nitrogens with zero attached hydrogens (tertiary/aromatic N) is 2. The second-order valence-corrected chi connectivity index (χ2v) is 8.83. The molecule has 0 saturated carbocycles. The third kappa shape index (κ3) is 7.96. The van der Waals surface area contributed by atoms with Gasteiger partial charge in [0.15, 0.2) is 5.96 Å². The lowest BCUT2D eigenvalue weighted by atomic mass is 10.1. The molecule has 0 atom stereocenters. The summed E-state index contributed by atoms with van der Waals surface area (Å²) in [6.07, 6.45) is -4.39. The Labute approximate surface area is 198 Å². The number of halogens is 4. The van der Waals surface area contributed by atoms with Crippen LogP contribution in [0.3, 0.4) is 0 Å². The van der Waals surface area contributed by atoms with Crippen LogP contribution in [0.1, 0.15) is 23.6 Å². The normalized spacial score (nSPS) is 12.4. The molecule has 0 aliphatic heterocycles. The van der Waals surface area contributed by atoms with Gasteiger partial charge in [-0.25, -0.2) is 17.7 Å². The van der Waals surface area contributed by atoms with Crippen molar-refractivity contribution in [2.45, 2.75) is 31.1 Å². The summed E-state index contributed by atoms with van der Waals surface area (Å²) in [5.74, 6) is 0.444. The highest BCUT2D eigenvalue weighted by Crippen LogP contribution is 2.29. The van der Waals surface area contributed by atoms with Crippen LogP contribution in [0.25, 0.3) is 0 Å². The number of hydrogen-bond donors (Lipinski definition) is 2. The summed E-state index contributed by atoms with van der Waals surface area (Å²) >= 11 is 0. The molecule has 6 nitrogen and oxygen atoms in total. The Kier molecular flexibility index (Phi) is 10.2. The lowest BCUT2D eigenvalue weighted by molar-refractivity contribution is -0.137. The molecule has 0 amide bonds. The molecule has 172 valence electrons. The third-order valence-corrected chi connectivity index (χ3v) is 6.01. The Morgan fingerprint density at radius 3 is 2.23 bits per heavy atom. The fourth-order valence-electron chi connectivity index (χ4n) is 2.53. The highest BCUT2D eigenvalue weighted by molar-refractivity contribution is 14.0. The lowest BCUT2D eigenvalue weighted by Crippen LogP contribution is -2.36. The molecule has 0 aliphatic carbocycles. The molecule has 0 spiro atoms. The molecular weight excluding hydrogens is 544 g/mol. The van der Waals surface area contributed by atoms with E-state index >= 15 is 0 Å². The van der Waals surface area contributed by atoms with E-state index in [0.29, 0.717) is 24.6 Å². The van der Waals surface area contributed by atoms with Gasteiger partial charge in [-0.2, -0.15) is 13.2 Å². The summed E-state index contributed by atoms with van der Waals surface area (Å²) in [6, 6.07) is 11.5. The van der Waals surface area contributed by atoms with Gasteiger partial charge in [-0.15, -0.1) is 24.0 Å². The minimum absolute atomic E-state index is 0. The summed E-state index contributed by atoms with van der Waals surface area (Å²) in [5, 5.41) is 6.12. The van der Waals surface area contributed by atoms with E-state index in [0.717, 1.165) is 22.0 Å². The predicted molar refractivity (Wildman–Crippen MR) is 126 cm³/mol. The van der Waals surface area contributed by atoms with E-state index in [1.54, 1.807) is 18.2 Å². The highest BCUT2D eigenvalue weighted by atomic mass is 127. The minimum atomic E-state index is -4.39. The van der Waals surface area contributed by atoms with Crippen LogP contribution in [0.5, 0.6) is 0 Å². The Bertz CT molecular complexity index is 979. The number of alkyl halides is 3. The van der Waals surface area contributed by atoms with Crippen LogP contribution in [0.15, 0.2) is 58.4 Å². The fourth-order valence-corrected chi connectivity index (χ4v) is 3.44. The van der Waals surface area contributed by atoms with Crippen LogP contribution < -0.4 is 10.6 Å². The third-order valence-electron chi connectivity index (χ3n) is 4.18. The maximum atomic E-state index is 12.8. The molecule has 2 N–H and O–H groups in total. The van der Waals surface area contributed by atoms with E-state index < -0.39 is 21.8 Å². The van der Waals surface area contributed by atoms with Gasteiger partial charge in [0.25, 0.3) is 0 Å². The highest BCUT2D eigenvalue weighted by Gasteiger charge is 2.30. The van der Waals surface area contributed by atoms with Gasteiger partial charge in [-0.05, 0) is 42.3 Å². The van der Waals surface area contributed by atoms with Crippen LogP contribution in [-0.2, 0) is 29.3 Å². The molecule has 0 unspecified atom stereocenters. The van der Waals surface area contributed by atoms with Gasteiger partial charge in [-0.3, -0.25) is 0 Å². The zero-order valence-corrected chi connectivity index (χ0v) is 20.5. The Morgan fingerprint density at radius 1 is 1.03 bits per heavy atom. The minimum Gasteiger partial charge on any atom is -0.357 e. The lowest BCUT2D eigenvalue weighted by Gasteiger charge is -2.13. The first kappa shape index (κ1) is 27.2. The van der Waals surface area contributed by atoms with Crippen LogP contribution >= 0.6 is 24.0 Å². The van der Waals surface area contributed by atoms with Crippen molar-refractivity contribution in [1.29, 1.82) is 0 Å². The first-order valence-corrected chi connectivity index (χ1v) is 10.7. The molecule has 0 aliphatic rings. The molecule has 2 aromatic carbocycles. The van der Waals surface area contributed by atoms with E-state index in [9.17, 15) is 21.6 Å². The van der Waals surface area contributed by atoms with Crippen molar-refractivity contribution in [3.8, 4) is 0 Å². The fraction of sp³-hybridized carbons (Fsp3) is 0.350. The predicted octanol–water partition coefficient (Wildman–Crippen LogP) is 3.83. The average molecular weight is 570 g/mol. The second-order valence-electron chi connectivity index (χ2n) is 6.68.